The first-order valence-corrected chi connectivity index (χ1v) is 7.78. The number of carbonyl (C=O) groups is 1. The second-order valence-electron chi connectivity index (χ2n) is 5.74. The molecule has 0 aromatic heterocycles. The van der Waals surface area contributed by atoms with Crippen molar-refractivity contribution in [1.82, 2.24) is 0 Å². The van der Waals surface area contributed by atoms with Crippen molar-refractivity contribution < 1.29 is 9.53 Å². The van der Waals surface area contributed by atoms with Crippen LogP contribution in [-0.4, -0.2) is 19.6 Å². The van der Waals surface area contributed by atoms with Crippen molar-refractivity contribution in [2.45, 2.75) is 32.6 Å². The van der Waals surface area contributed by atoms with Gasteiger partial charge in [-0.15, -0.1) is 0 Å². The van der Waals surface area contributed by atoms with Gasteiger partial charge in [0.15, 0.2) is 0 Å². The zero-order chi connectivity index (χ0) is 15.4. The number of hydrogen-bond acceptors (Lipinski definition) is 3. The topological polar surface area (TPSA) is 64.3 Å². The third kappa shape index (κ3) is 3.89. The monoisotopic (exact) mass is 310 g/mol. The third-order valence-electron chi connectivity index (χ3n) is 4.29. The Labute approximate surface area is 131 Å². The van der Waals surface area contributed by atoms with Crippen LogP contribution in [0.1, 0.15) is 31.2 Å². The van der Waals surface area contributed by atoms with Crippen molar-refractivity contribution in [3.8, 4) is 5.75 Å². The molecule has 1 aliphatic rings. The van der Waals surface area contributed by atoms with E-state index in [9.17, 15) is 4.79 Å². The van der Waals surface area contributed by atoms with Gasteiger partial charge in [-0.2, -0.15) is 0 Å². The number of nitrogens with two attached hydrogens (primary N) is 1. The lowest BCUT2D eigenvalue weighted by Crippen LogP contribution is -2.29. The first-order valence-electron chi connectivity index (χ1n) is 7.40. The number of anilines is 1. The normalized spacial score (nSPS) is 21.9. The predicted molar refractivity (Wildman–Crippen MR) is 85.9 cm³/mol. The van der Waals surface area contributed by atoms with Crippen molar-refractivity contribution in [2.75, 3.05) is 19.0 Å². The molecule has 0 spiro atoms. The summed E-state index contributed by atoms with van der Waals surface area (Å²) in [6.07, 6.45) is 3.88. The van der Waals surface area contributed by atoms with Crippen molar-refractivity contribution in [3.05, 3.63) is 22.7 Å². The van der Waals surface area contributed by atoms with E-state index in [0.29, 0.717) is 22.4 Å². The van der Waals surface area contributed by atoms with E-state index in [1.165, 1.54) is 0 Å². The molecule has 1 aromatic carbocycles. The second kappa shape index (κ2) is 7.14. The number of ether oxygens (including phenoxy) is 1. The van der Waals surface area contributed by atoms with E-state index < -0.39 is 0 Å². The highest BCUT2D eigenvalue weighted by Gasteiger charge is 2.26. The molecule has 1 aliphatic carbocycles. The fourth-order valence-corrected chi connectivity index (χ4v) is 2.98. The minimum atomic E-state index is 0.0606. The molecule has 0 heterocycles. The zero-order valence-electron chi connectivity index (χ0n) is 12.6. The summed E-state index contributed by atoms with van der Waals surface area (Å²) in [5, 5.41) is 3.61. The van der Waals surface area contributed by atoms with E-state index in [2.05, 4.69) is 5.32 Å². The first kappa shape index (κ1) is 16.1. The van der Waals surface area contributed by atoms with Gasteiger partial charge in [0, 0.05) is 17.0 Å². The van der Waals surface area contributed by atoms with Crippen molar-refractivity contribution in [1.29, 1.82) is 0 Å². The third-order valence-corrected chi connectivity index (χ3v) is 4.70. The number of halogens is 1. The summed E-state index contributed by atoms with van der Waals surface area (Å²) in [4.78, 5) is 12.4. The number of amides is 1. The van der Waals surface area contributed by atoms with Crippen LogP contribution in [0.25, 0.3) is 0 Å². The molecule has 1 amide bonds. The van der Waals surface area contributed by atoms with Crippen molar-refractivity contribution >= 4 is 23.2 Å². The molecule has 3 N–H and O–H groups in total. The van der Waals surface area contributed by atoms with Gasteiger partial charge < -0.3 is 15.8 Å². The summed E-state index contributed by atoms with van der Waals surface area (Å²) < 4.78 is 5.29. The number of hydrogen-bond donors (Lipinski definition) is 2. The van der Waals surface area contributed by atoms with Gasteiger partial charge in [0.05, 0.1) is 12.8 Å². The lowest BCUT2D eigenvalue weighted by Gasteiger charge is -2.27. The van der Waals surface area contributed by atoms with E-state index in [4.69, 9.17) is 22.1 Å². The minimum Gasteiger partial charge on any atom is -0.495 e. The average Bonchev–Trinajstić information content (AvgIpc) is 2.50. The van der Waals surface area contributed by atoms with Gasteiger partial charge in [0.25, 0.3) is 0 Å². The van der Waals surface area contributed by atoms with E-state index in [1.807, 2.05) is 13.0 Å². The number of rotatable bonds is 4. The van der Waals surface area contributed by atoms with Gasteiger partial charge in [-0.1, -0.05) is 11.6 Å². The molecular weight excluding hydrogens is 288 g/mol. The predicted octanol–water partition coefficient (Wildman–Crippen LogP) is 3.36. The van der Waals surface area contributed by atoms with E-state index in [0.717, 1.165) is 37.8 Å². The minimum absolute atomic E-state index is 0.0606. The Morgan fingerprint density at radius 2 is 2.05 bits per heavy atom. The molecule has 0 unspecified atom stereocenters. The molecule has 0 saturated heterocycles. The van der Waals surface area contributed by atoms with Crippen LogP contribution in [-0.2, 0) is 4.79 Å². The molecule has 116 valence electrons. The van der Waals surface area contributed by atoms with Gasteiger partial charge in [0.1, 0.15) is 5.75 Å². The number of benzene rings is 1. The molecule has 1 aromatic rings. The van der Waals surface area contributed by atoms with Crippen LogP contribution in [0.3, 0.4) is 0 Å². The summed E-state index contributed by atoms with van der Waals surface area (Å²) in [5.41, 5.74) is 7.29. The summed E-state index contributed by atoms with van der Waals surface area (Å²) >= 11 is 6.08. The van der Waals surface area contributed by atoms with Gasteiger partial charge in [0.2, 0.25) is 5.91 Å². The lowest BCUT2D eigenvalue weighted by atomic mass is 9.81. The first-order chi connectivity index (χ1) is 10.0. The summed E-state index contributed by atoms with van der Waals surface area (Å²) in [5.74, 6) is 1.29. The van der Waals surface area contributed by atoms with Gasteiger partial charge in [-0.25, -0.2) is 0 Å². The van der Waals surface area contributed by atoms with Crippen LogP contribution in [0.4, 0.5) is 5.69 Å². The molecule has 1 saturated carbocycles. The lowest BCUT2D eigenvalue weighted by molar-refractivity contribution is -0.121. The molecule has 5 heteroatoms. The largest absolute Gasteiger partial charge is 0.495 e. The van der Waals surface area contributed by atoms with Gasteiger partial charge in [-0.3, -0.25) is 4.79 Å². The standard InChI is InChI=1S/C16H23ClN2O2/c1-10-7-14(15(21-2)8-13(10)17)19-16(20)12-5-3-11(9-18)4-6-12/h7-8,11-12H,3-6,9,18H2,1-2H3,(H,19,20). The van der Waals surface area contributed by atoms with Crippen LogP contribution in [0.2, 0.25) is 5.02 Å². The summed E-state index contributed by atoms with van der Waals surface area (Å²) in [7, 11) is 1.57. The molecule has 0 atom stereocenters. The second-order valence-corrected chi connectivity index (χ2v) is 6.15. The Hall–Kier alpha value is -1.26. The molecule has 0 bridgehead atoms. The number of nitrogens with one attached hydrogen (secondary N) is 1. The molecule has 1 fully saturated rings. The molecule has 4 nitrogen and oxygen atoms in total. The van der Waals surface area contributed by atoms with Crippen molar-refractivity contribution in [3.63, 3.8) is 0 Å². The van der Waals surface area contributed by atoms with Crippen LogP contribution >= 0.6 is 11.6 Å². The van der Waals surface area contributed by atoms with E-state index in [-0.39, 0.29) is 11.8 Å². The maximum Gasteiger partial charge on any atom is 0.227 e. The zero-order valence-corrected chi connectivity index (χ0v) is 13.4. The highest BCUT2D eigenvalue weighted by Crippen LogP contribution is 2.33. The van der Waals surface area contributed by atoms with E-state index in [1.54, 1.807) is 13.2 Å². The Morgan fingerprint density at radius 3 is 2.62 bits per heavy atom. The van der Waals surface area contributed by atoms with Crippen LogP contribution in [0.5, 0.6) is 5.75 Å². The fraction of sp³-hybridized carbons (Fsp3) is 0.562. The molecule has 0 radical (unpaired) electrons. The van der Waals surface area contributed by atoms with Crippen molar-refractivity contribution in [2.24, 2.45) is 17.6 Å². The SMILES string of the molecule is COc1cc(Cl)c(C)cc1NC(=O)C1CCC(CN)CC1. The average molecular weight is 311 g/mol. The van der Waals surface area contributed by atoms with Crippen LogP contribution in [0.15, 0.2) is 12.1 Å². The highest BCUT2D eigenvalue weighted by molar-refractivity contribution is 6.31. The molecule has 2 rings (SSSR count). The summed E-state index contributed by atoms with van der Waals surface area (Å²) in [6.45, 7) is 2.63. The Kier molecular flexibility index (Phi) is 5.48. The molecule has 21 heavy (non-hydrogen) atoms. The number of methoxy groups -OCH3 is 1. The van der Waals surface area contributed by atoms with Gasteiger partial charge >= 0.3 is 0 Å². The van der Waals surface area contributed by atoms with E-state index >= 15 is 0 Å². The smallest absolute Gasteiger partial charge is 0.227 e. The molecule has 0 aliphatic heterocycles. The quantitative estimate of drug-likeness (QED) is 0.896. The maximum atomic E-state index is 12.4. The Balaban J connectivity index is 2.04. The Bertz CT molecular complexity index is 511. The highest BCUT2D eigenvalue weighted by atomic mass is 35.5. The van der Waals surface area contributed by atoms with Crippen LogP contribution in [0, 0.1) is 18.8 Å². The number of aryl methyl sites for hydroxylation is 1. The summed E-state index contributed by atoms with van der Waals surface area (Å²) in [6, 6.07) is 3.59. The fourth-order valence-electron chi connectivity index (χ4n) is 2.82. The van der Waals surface area contributed by atoms with Crippen LogP contribution < -0.4 is 15.8 Å². The molecular formula is C16H23ClN2O2. The van der Waals surface area contributed by atoms with Gasteiger partial charge in [-0.05, 0) is 56.7 Å². The maximum absolute atomic E-state index is 12.4. The Morgan fingerprint density at radius 1 is 1.38 bits per heavy atom. The number of carbonyl (C=O) groups excluding carboxylic acids is 1.